The number of hydrogen-bond acceptors (Lipinski definition) is 3. The largest absolute Gasteiger partial charge is 0.480 e. The first-order valence-corrected chi connectivity index (χ1v) is 4.80. The number of carboxylic acids is 1. The van der Waals surface area contributed by atoms with Crippen molar-refractivity contribution in [3.63, 3.8) is 0 Å². The van der Waals surface area contributed by atoms with Crippen molar-refractivity contribution >= 4 is 5.97 Å². The maximum absolute atomic E-state index is 10.4. The van der Waals surface area contributed by atoms with Crippen molar-refractivity contribution in [2.24, 2.45) is 11.5 Å². The van der Waals surface area contributed by atoms with Crippen LogP contribution >= 0.6 is 0 Å². The molecule has 0 rings (SSSR count). The molecule has 0 heterocycles. The zero-order valence-corrected chi connectivity index (χ0v) is 9.23. The first-order valence-electron chi connectivity index (χ1n) is 4.80. The Balaban J connectivity index is 3.70. The number of quaternary nitrogens is 1. The fourth-order valence-electron chi connectivity index (χ4n) is 1.06. The summed E-state index contributed by atoms with van der Waals surface area (Å²) in [6.45, 7) is 0. The molecule has 0 aromatic carbocycles. The van der Waals surface area contributed by atoms with Gasteiger partial charge in [-0.05, 0) is 12.8 Å². The molecule has 0 saturated heterocycles. The Labute approximate surface area is 85.3 Å². The minimum Gasteiger partial charge on any atom is -0.480 e. The first kappa shape index (κ1) is 13.4. The topological polar surface area (TPSA) is 89.3 Å². The van der Waals surface area contributed by atoms with E-state index in [9.17, 15) is 4.79 Å². The van der Waals surface area contributed by atoms with Gasteiger partial charge in [-0.25, -0.2) is 0 Å². The molecule has 0 radical (unpaired) electrons. The van der Waals surface area contributed by atoms with Crippen LogP contribution in [-0.4, -0.2) is 48.9 Å². The van der Waals surface area contributed by atoms with Crippen LogP contribution in [0.3, 0.4) is 0 Å². The van der Waals surface area contributed by atoms with Gasteiger partial charge in [0.15, 0.2) is 0 Å². The van der Waals surface area contributed by atoms with Crippen molar-refractivity contribution in [3.05, 3.63) is 0 Å². The van der Waals surface area contributed by atoms with Crippen LogP contribution in [0.4, 0.5) is 0 Å². The van der Waals surface area contributed by atoms with E-state index in [-0.39, 0.29) is 6.17 Å². The Morgan fingerprint density at radius 1 is 1.29 bits per heavy atom. The lowest BCUT2D eigenvalue weighted by Gasteiger charge is -2.31. The molecule has 0 bridgehead atoms. The quantitative estimate of drug-likeness (QED) is 0.404. The Morgan fingerprint density at radius 3 is 2.14 bits per heavy atom. The van der Waals surface area contributed by atoms with E-state index in [0.29, 0.717) is 10.9 Å². The number of carbonyl (C=O) groups is 1. The average molecular weight is 204 g/mol. The van der Waals surface area contributed by atoms with Gasteiger partial charge in [0, 0.05) is 6.42 Å². The highest BCUT2D eigenvalue weighted by atomic mass is 16.4. The summed E-state index contributed by atoms with van der Waals surface area (Å²) < 4.78 is 0.683. The molecule has 0 aliphatic heterocycles. The fourth-order valence-corrected chi connectivity index (χ4v) is 1.06. The Kier molecular flexibility index (Phi) is 5.04. The number of nitrogens with two attached hydrogens (primary N) is 2. The smallest absolute Gasteiger partial charge is 0.320 e. The third-order valence-electron chi connectivity index (χ3n) is 2.33. The molecule has 0 aromatic heterocycles. The third kappa shape index (κ3) is 5.16. The lowest BCUT2D eigenvalue weighted by molar-refractivity contribution is -0.896. The number of rotatable bonds is 6. The molecule has 0 amide bonds. The molecule has 5 N–H and O–H groups in total. The summed E-state index contributed by atoms with van der Waals surface area (Å²) in [6.07, 6.45) is 2.08. The van der Waals surface area contributed by atoms with E-state index >= 15 is 0 Å². The highest BCUT2D eigenvalue weighted by Gasteiger charge is 2.19. The first-order chi connectivity index (χ1) is 6.25. The molecular formula is C9H22N3O2+. The molecule has 0 aliphatic rings. The summed E-state index contributed by atoms with van der Waals surface area (Å²) in [5.74, 6) is -0.941. The molecule has 0 aliphatic carbocycles. The summed E-state index contributed by atoms with van der Waals surface area (Å²) in [5.41, 5.74) is 11.3. The van der Waals surface area contributed by atoms with Gasteiger partial charge in [0.25, 0.3) is 0 Å². The van der Waals surface area contributed by atoms with Crippen molar-refractivity contribution in [2.75, 3.05) is 21.1 Å². The molecule has 5 heteroatoms. The number of aliphatic carboxylic acids is 1. The van der Waals surface area contributed by atoms with Gasteiger partial charge >= 0.3 is 5.97 Å². The summed E-state index contributed by atoms with van der Waals surface area (Å²) in [4.78, 5) is 10.4. The lowest BCUT2D eigenvalue weighted by Crippen LogP contribution is -2.50. The molecule has 0 aromatic rings. The van der Waals surface area contributed by atoms with Crippen LogP contribution < -0.4 is 11.5 Å². The van der Waals surface area contributed by atoms with Gasteiger partial charge in [0.1, 0.15) is 12.2 Å². The van der Waals surface area contributed by atoms with Crippen LogP contribution in [-0.2, 0) is 4.79 Å². The average Bonchev–Trinajstić information content (AvgIpc) is 2.01. The Morgan fingerprint density at radius 2 is 1.79 bits per heavy atom. The second-order valence-corrected chi connectivity index (χ2v) is 4.56. The van der Waals surface area contributed by atoms with Gasteiger partial charge in [-0.3, -0.25) is 10.5 Å². The van der Waals surface area contributed by atoms with Crippen LogP contribution in [0.5, 0.6) is 0 Å². The zero-order valence-electron chi connectivity index (χ0n) is 9.23. The van der Waals surface area contributed by atoms with Crippen molar-refractivity contribution in [3.8, 4) is 0 Å². The van der Waals surface area contributed by atoms with Crippen molar-refractivity contribution in [2.45, 2.75) is 31.5 Å². The molecule has 0 saturated carbocycles. The normalized spacial score (nSPS) is 16.4. The minimum atomic E-state index is -0.941. The maximum atomic E-state index is 10.4. The van der Waals surface area contributed by atoms with E-state index in [1.807, 2.05) is 21.1 Å². The lowest BCUT2D eigenvalue weighted by atomic mass is 10.1. The monoisotopic (exact) mass is 204 g/mol. The van der Waals surface area contributed by atoms with Crippen molar-refractivity contribution < 1.29 is 14.4 Å². The number of nitrogens with zero attached hydrogens (tertiary/aromatic N) is 1. The predicted octanol–water partition coefficient (Wildman–Crippen LogP) is -0.440. The zero-order chi connectivity index (χ0) is 11.4. The van der Waals surface area contributed by atoms with E-state index in [2.05, 4.69) is 0 Å². The molecule has 0 fully saturated rings. The van der Waals surface area contributed by atoms with Gasteiger partial charge in [-0.2, -0.15) is 0 Å². The number of carboxylic acid groups (broad SMARTS) is 1. The van der Waals surface area contributed by atoms with Crippen LogP contribution in [0.25, 0.3) is 0 Å². The standard InChI is InChI=1S/C9H21N3O2/c1-12(2,3)8(11)6-4-5-7(10)9(13)14/h7-8H,4-6,10-11H2,1-3H3/p+1/t7-,8?/m0/s1. The van der Waals surface area contributed by atoms with Crippen LogP contribution in [0, 0.1) is 0 Å². The van der Waals surface area contributed by atoms with Gasteiger partial charge < -0.3 is 15.3 Å². The fraction of sp³-hybridized carbons (Fsp3) is 0.889. The minimum absolute atomic E-state index is 0.0380. The summed E-state index contributed by atoms with van der Waals surface area (Å²) in [6, 6.07) is -0.755. The SMILES string of the molecule is C[N+](C)(C)C(N)CCC[C@H](N)C(=O)O. The summed E-state index contributed by atoms with van der Waals surface area (Å²) in [7, 11) is 6.05. The molecule has 1 unspecified atom stereocenters. The predicted molar refractivity (Wildman–Crippen MR) is 55.5 cm³/mol. The third-order valence-corrected chi connectivity index (χ3v) is 2.33. The molecule has 2 atom stereocenters. The highest BCUT2D eigenvalue weighted by Crippen LogP contribution is 2.07. The van der Waals surface area contributed by atoms with E-state index in [1.165, 1.54) is 0 Å². The Hall–Kier alpha value is -0.650. The Bertz CT molecular complexity index is 189. The summed E-state index contributed by atoms with van der Waals surface area (Å²) >= 11 is 0. The highest BCUT2D eigenvalue weighted by molar-refractivity contribution is 5.72. The van der Waals surface area contributed by atoms with Gasteiger partial charge in [0.2, 0.25) is 0 Å². The second-order valence-electron chi connectivity index (χ2n) is 4.56. The van der Waals surface area contributed by atoms with Gasteiger partial charge in [-0.1, -0.05) is 0 Å². The van der Waals surface area contributed by atoms with Crippen LogP contribution in [0.2, 0.25) is 0 Å². The van der Waals surface area contributed by atoms with E-state index in [0.717, 1.165) is 12.8 Å². The van der Waals surface area contributed by atoms with Gasteiger partial charge in [0.05, 0.1) is 21.1 Å². The van der Waals surface area contributed by atoms with E-state index in [1.54, 1.807) is 0 Å². The van der Waals surface area contributed by atoms with E-state index < -0.39 is 12.0 Å². The molecular weight excluding hydrogens is 182 g/mol. The van der Waals surface area contributed by atoms with E-state index in [4.69, 9.17) is 16.6 Å². The maximum Gasteiger partial charge on any atom is 0.320 e. The molecule has 14 heavy (non-hydrogen) atoms. The summed E-state index contributed by atoms with van der Waals surface area (Å²) in [5, 5.41) is 8.55. The molecule has 0 spiro atoms. The molecule has 5 nitrogen and oxygen atoms in total. The van der Waals surface area contributed by atoms with Gasteiger partial charge in [-0.15, -0.1) is 0 Å². The van der Waals surface area contributed by atoms with Crippen LogP contribution in [0.1, 0.15) is 19.3 Å². The van der Waals surface area contributed by atoms with Crippen LogP contribution in [0.15, 0.2) is 0 Å². The second kappa shape index (κ2) is 5.29. The number of hydrogen-bond donors (Lipinski definition) is 3. The van der Waals surface area contributed by atoms with Crippen molar-refractivity contribution in [1.82, 2.24) is 0 Å². The van der Waals surface area contributed by atoms with Crippen molar-refractivity contribution in [1.29, 1.82) is 0 Å². The molecule has 84 valence electrons.